The number of nitrogens with one attached hydrogen (secondary N) is 1. The molecule has 6 nitrogen and oxygen atoms in total. The number of hydrogen-bond acceptors (Lipinski definition) is 5. The maximum absolute atomic E-state index is 9.40. The van der Waals surface area contributed by atoms with Gasteiger partial charge in [0.05, 0.1) is 23.3 Å². The van der Waals surface area contributed by atoms with Gasteiger partial charge in [0.1, 0.15) is 12.4 Å². The van der Waals surface area contributed by atoms with Gasteiger partial charge in [-0.2, -0.15) is 5.26 Å². The van der Waals surface area contributed by atoms with Gasteiger partial charge in [0, 0.05) is 17.3 Å². The van der Waals surface area contributed by atoms with Gasteiger partial charge >= 0.3 is 0 Å². The summed E-state index contributed by atoms with van der Waals surface area (Å²) < 4.78 is 1.92. The minimum absolute atomic E-state index is 0.442. The maximum atomic E-state index is 9.40. The Kier molecular flexibility index (Phi) is 3.81. The van der Waals surface area contributed by atoms with Gasteiger partial charge in [0.25, 0.3) is 0 Å². The van der Waals surface area contributed by atoms with Crippen molar-refractivity contribution >= 4 is 16.6 Å². The molecule has 0 spiro atoms. The molecule has 0 fully saturated rings. The van der Waals surface area contributed by atoms with Crippen LogP contribution in [0.5, 0.6) is 0 Å². The third kappa shape index (κ3) is 2.79. The van der Waals surface area contributed by atoms with E-state index in [1.807, 2.05) is 59.2 Å². The van der Waals surface area contributed by atoms with Gasteiger partial charge in [0.2, 0.25) is 0 Å². The molecule has 1 N–H and O–H groups in total. The smallest absolute Gasteiger partial charge is 0.156 e. The number of aromatic nitrogens is 4. The summed E-state index contributed by atoms with van der Waals surface area (Å²) in [7, 11) is 0. The second kappa shape index (κ2) is 6.42. The van der Waals surface area contributed by atoms with Gasteiger partial charge in [-0.3, -0.25) is 9.55 Å². The van der Waals surface area contributed by atoms with Crippen molar-refractivity contribution in [3.05, 3.63) is 78.5 Å². The Labute approximate surface area is 144 Å². The highest BCUT2D eigenvalue weighted by Gasteiger charge is 2.11. The van der Waals surface area contributed by atoms with Crippen LogP contribution in [0.3, 0.4) is 0 Å². The molecule has 2 aromatic carbocycles. The predicted molar refractivity (Wildman–Crippen MR) is 95.1 cm³/mol. The molecular weight excluding hydrogens is 312 g/mol. The SMILES string of the molecule is N#Cc1cnc2ccccc2c1NCc1nncn1-c1ccccc1. The number of pyridine rings is 1. The van der Waals surface area contributed by atoms with Gasteiger partial charge in [-0.15, -0.1) is 10.2 Å². The molecule has 6 heteroatoms. The largest absolute Gasteiger partial charge is 0.376 e. The lowest BCUT2D eigenvalue weighted by molar-refractivity contribution is 0.891. The molecule has 0 saturated heterocycles. The molecule has 25 heavy (non-hydrogen) atoms. The molecule has 120 valence electrons. The molecule has 0 atom stereocenters. The first kappa shape index (κ1) is 14.8. The summed E-state index contributed by atoms with van der Waals surface area (Å²) in [6.07, 6.45) is 3.27. The number of rotatable bonds is 4. The maximum Gasteiger partial charge on any atom is 0.156 e. The van der Waals surface area contributed by atoms with E-state index < -0.39 is 0 Å². The molecule has 0 aliphatic rings. The molecule has 4 aromatic rings. The van der Waals surface area contributed by atoms with Crippen LogP contribution in [0.2, 0.25) is 0 Å². The van der Waals surface area contributed by atoms with Crippen LogP contribution in [0, 0.1) is 11.3 Å². The summed E-state index contributed by atoms with van der Waals surface area (Å²) in [5, 5.41) is 21.9. The highest BCUT2D eigenvalue weighted by Crippen LogP contribution is 2.25. The van der Waals surface area contributed by atoms with E-state index >= 15 is 0 Å². The average Bonchev–Trinajstić information content (AvgIpc) is 3.15. The van der Waals surface area contributed by atoms with Crippen molar-refractivity contribution in [2.45, 2.75) is 6.54 Å². The first-order chi connectivity index (χ1) is 12.4. The zero-order valence-corrected chi connectivity index (χ0v) is 13.3. The van der Waals surface area contributed by atoms with Crippen molar-refractivity contribution in [3.63, 3.8) is 0 Å². The van der Waals surface area contributed by atoms with Crippen molar-refractivity contribution in [1.82, 2.24) is 19.7 Å². The lowest BCUT2D eigenvalue weighted by atomic mass is 10.1. The van der Waals surface area contributed by atoms with Crippen LogP contribution >= 0.6 is 0 Å². The summed E-state index contributed by atoms with van der Waals surface area (Å²) >= 11 is 0. The minimum Gasteiger partial charge on any atom is -0.376 e. The van der Waals surface area contributed by atoms with Crippen molar-refractivity contribution < 1.29 is 0 Å². The molecule has 0 bridgehead atoms. The Bertz CT molecular complexity index is 1060. The predicted octanol–water partition coefficient (Wildman–Crippen LogP) is 3.30. The number of fused-ring (bicyclic) bond motifs is 1. The van der Waals surface area contributed by atoms with Gasteiger partial charge in [-0.1, -0.05) is 36.4 Å². The highest BCUT2D eigenvalue weighted by atomic mass is 15.3. The molecule has 0 radical (unpaired) electrons. The van der Waals surface area contributed by atoms with Crippen LogP contribution in [0.4, 0.5) is 5.69 Å². The number of anilines is 1. The lowest BCUT2D eigenvalue weighted by Gasteiger charge is -2.12. The highest BCUT2D eigenvalue weighted by molar-refractivity contribution is 5.93. The zero-order valence-electron chi connectivity index (χ0n) is 13.3. The summed E-state index contributed by atoms with van der Waals surface area (Å²) in [5.74, 6) is 0.760. The van der Waals surface area contributed by atoms with Crippen LogP contribution in [-0.2, 0) is 6.54 Å². The van der Waals surface area contributed by atoms with Crippen LogP contribution in [0.1, 0.15) is 11.4 Å². The van der Waals surface area contributed by atoms with Gasteiger partial charge < -0.3 is 5.32 Å². The molecule has 0 amide bonds. The van der Waals surface area contributed by atoms with E-state index in [-0.39, 0.29) is 0 Å². The normalized spacial score (nSPS) is 10.5. The average molecular weight is 326 g/mol. The topological polar surface area (TPSA) is 79.4 Å². The quantitative estimate of drug-likeness (QED) is 0.622. The summed E-state index contributed by atoms with van der Waals surface area (Å²) in [5.41, 5.74) is 3.10. The van der Waals surface area contributed by atoms with E-state index in [4.69, 9.17) is 0 Å². The molecule has 0 aliphatic heterocycles. The standard InChI is InChI=1S/C19H14N6/c20-10-14-11-21-17-9-5-4-8-16(17)19(14)22-12-18-24-23-13-25(18)15-6-2-1-3-7-15/h1-9,11,13H,12H2,(H,21,22). The molecule has 4 rings (SSSR count). The van der Waals surface area contributed by atoms with Crippen molar-refractivity contribution in [3.8, 4) is 11.8 Å². The fourth-order valence-electron chi connectivity index (χ4n) is 2.77. The van der Waals surface area contributed by atoms with Crippen molar-refractivity contribution in [2.24, 2.45) is 0 Å². The molecule has 2 aromatic heterocycles. The molecule has 0 saturated carbocycles. The van der Waals surface area contributed by atoms with E-state index in [0.29, 0.717) is 12.1 Å². The second-order valence-corrected chi connectivity index (χ2v) is 5.48. The summed E-state index contributed by atoms with van der Waals surface area (Å²) in [6, 6.07) is 19.8. The summed E-state index contributed by atoms with van der Waals surface area (Å²) in [4.78, 5) is 4.33. The zero-order chi connectivity index (χ0) is 17.1. The van der Waals surface area contributed by atoms with E-state index in [0.717, 1.165) is 28.1 Å². The molecule has 0 unspecified atom stereocenters. The minimum atomic E-state index is 0.442. The van der Waals surface area contributed by atoms with Crippen LogP contribution in [0.15, 0.2) is 67.1 Å². The fourth-order valence-corrected chi connectivity index (χ4v) is 2.77. The monoisotopic (exact) mass is 326 g/mol. The van der Waals surface area contributed by atoms with E-state index in [1.165, 1.54) is 0 Å². The van der Waals surface area contributed by atoms with E-state index in [9.17, 15) is 5.26 Å². The Balaban J connectivity index is 1.69. The van der Waals surface area contributed by atoms with Crippen LogP contribution in [-0.4, -0.2) is 19.7 Å². The molecule has 0 aliphatic carbocycles. The first-order valence-corrected chi connectivity index (χ1v) is 7.83. The third-order valence-corrected chi connectivity index (χ3v) is 3.97. The Morgan fingerprint density at radius 1 is 1.04 bits per heavy atom. The third-order valence-electron chi connectivity index (χ3n) is 3.97. The number of benzene rings is 2. The Morgan fingerprint density at radius 3 is 2.68 bits per heavy atom. The van der Waals surface area contributed by atoms with Crippen LogP contribution in [0.25, 0.3) is 16.6 Å². The van der Waals surface area contributed by atoms with E-state index in [2.05, 4.69) is 26.6 Å². The Morgan fingerprint density at radius 2 is 1.84 bits per heavy atom. The molecular formula is C19H14N6. The summed E-state index contributed by atoms with van der Waals surface area (Å²) in [6.45, 7) is 0.442. The first-order valence-electron chi connectivity index (χ1n) is 7.83. The Hall–Kier alpha value is -3.72. The van der Waals surface area contributed by atoms with Gasteiger partial charge in [-0.05, 0) is 18.2 Å². The number of hydrogen-bond donors (Lipinski definition) is 1. The fraction of sp³-hybridized carbons (Fsp3) is 0.0526. The molecule has 2 heterocycles. The second-order valence-electron chi connectivity index (χ2n) is 5.48. The lowest BCUT2D eigenvalue weighted by Crippen LogP contribution is -2.08. The van der Waals surface area contributed by atoms with Gasteiger partial charge in [-0.25, -0.2) is 0 Å². The van der Waals surface area contributed by atoms with E-state index in [1.54, 1.807) is 12.5 Å². The number of nitrogens with zero attached hydrogens (tertiary/aromatic N) is 5. The van der Waals surface area contributed by atoms with Crippen molar-refractivity contribution in [2.75, 3.05) is 5.32 Å². The van der Waals surface area contributed by atoms with Gasteiger partial charge in [0.15, 0.2) is 5.82 Å². The van der Waals surface area contributed by atoms with Crippen molar-refractivity contribution in [1.29, 1.82) is 5.26 Å². The van der Waals surface area contributed by atoms with Crippen LogP contribution < -0.4 is 5.32 Å². The number of para-hydroxylation sites is 2. The number of nitriles is 1.